The maximum atomic E-state index is 13.2. The molecule has 0 aromatic heterocycles. The van der Waals surface area contributed by atoms with Crippen LogP contribution in [0.25, 0.3) is 0 Å². The van der Waals surface area contributed by atoms with E-state index in [4.69, 9.17) is 64.3 Å². The Bertz CT molecular complexity index is 1480. The van der Waals surface area contributed by atoms with Crippen molar-refractivity contribution in [3.05, 3.63) is 0 Å². The molecule has 0 bridgehead atoms. The summed E-state index contributed by atoms with van der Waals surface area (Å²) in [5.74, 6) is 0. The van der Waals surface area contributed by atoms with Crippen LogP contribution in [-0.2, 0) is 123 Å². The smallest absolute Gasteiger partial charge is 0.541 e. The van der Waals surface area contributed by atoms with Crippen molar-refractivity contribution in [3.63, 3.8) is 0 Å². The van der Waals surface area contributed by atoms with Crippen molar-refractivity contribution < 1.29 is 143 Å². The van der Waals surface area contributed by atoms with Gasteiger partial charge in [-0.2, -0.15) is 0 Å². The molecule has 0 spiro atoms. The Balaban J connectivity index is -0.00000259. The van der Waals surface area contributed by atoms with Crippen molar-refractivity contribution in [3.8, 4) is 0 Å². The average molecular weight is 1290 g/mol. The Morgan fingerprint density at radius 1 is 0.576 bits per heavy atom. The van der Waals surface area contributed by atoms with Crippen molar-refractivity contribution in [2.24, 2.45) is 0 Å². The van der Waals surface area contributed by atoms with Gasteiger partial charge in [0.15, 0.2) is 26.4 Å². The summed E-state index contributed by atoms with van der Waals surface area (Å²) >= 11 is 0. The minimum Gasteiger partial charge on any atom is -0.541 e. The molecule has 0 saturated heterocycles. The number of rotatable bonds is 40. The zero-order chi connectivity index (χ0) is 50.4. The molecule has 0 amide bonds. The van der Waals surface area contributed by atoms with E-state index in [9.17, 15) is 45.6 Å². The van der Waals surface area contributed by atoms with E-state index < -0.39 is 138 Å². The van der Waals surface area contributed by atoms with Gasteiger partial charge in [0.25, 0.3) is 10.0 Å². The topological polar surface area (TPSA) is 344 Å². The molecule has 1 atom stereocenters. The summed E-state index contributed by atoms with van der Waals surface area (Å²) in [6, 6.07) is 0.324. The summed E-state index contributed by atoms with van der Waals surface area (Å²) in [5.41, 5.74) is 0. The molecule has 1 radical (unpaired) electrons. The van der Waals surface area contributed by atoms with Crippen LogP contribution in [0.1, 0.15) is 27.2 Å². The van der Waals surface area contributed by atoms with E-state index in [1.54, 1.807) is 26.8 Å². The molecule has 0 aliphatic rings. The van der Waals surface area contributed by atoms with Gasteiger partial charge in [0.1, 0.15) is 7.59 Å². The van der Waals surface area contributed by atoms with Crippen molar-refractivity contribution in [2.75, 3.05) is 106 Å². The van der Waals surface area contributed by atoms with Gasteiger partial charge < -0.3 is 101 Å². The molecule has 0 rings (SSSR count). The fourth-order valence-electron chi connectivity index (χ4n) is 4.71. The first-order valence-corrected chi connectivity index (χ1v) is 57.4. The van der Waals surface area contributed by atoms with Crippen LogP contribution in [0.2, 0.25) is 30.7 Å². The predicted octanol–water partition coefficient (Wildman–Crippen LogP) is -7.45. The first-order valence-electron chi connectivity index (χ1n) is 20.2. The van der Waals surface area contributed by atoms with Crippen molar-refractivity contribution in [1.82, 2.24) is 0 Å². The second kappa shape index (κ2) is 45.5. The summed E-state index contributed by atoms with van der Waals surface area (Å²) < 4.78 is 172. The largest absolute Gasteiger partial charge is 0.549 e. The van der Waals surface area contributed by atoms with E-state index >= 15 is 0 Å². The van der Waals surface area contributed by atoms with Gasteiger partial charge in [0.05, 0.1) is 92.5 Å². The van der Waals surface area contributed by atoms with Crippen molar-refractivity contribution >= 4 is 133 Å². The Morgan fingerprint density at radius 3 is 1.21 bits per heavy atom. The van der Waals surface area contributed by atoms with Gasteiger partial charge in [0, 0.05) is 46.4 Å². The van der Waals surface area contributed by atoms with Crippen LogP contribution in [0.15, 0.2) is 0 Å². The molecule has 24 nitrogen and oxygen atoms in total. The van der Waals surface area contributed by atoms with Crippen molar-refractivity contribution in [2.45, 2.75) is 57.9 Å². The Labute approximate surface area is 436 Å². The Hall–Kier alpha value is 1.85. The fraction of sp³-hybridized carbons (Fsp3) is 1.00. The van der Waals surface area contributed by atoms with Gasteiger partial charge in [0.2, 0.25) is 16.2 Å². The minimum absolute atomic E-state index is 0. The molecule has 0 heterocycles. The maximum absolute atomic E-state index is 13.2. The zero-order valence-electron chi connectivity index (χ0n) is 39.0. The number of hydrogen-bond donors (Lipinski definition) is 4. The third-order valence-electron chi connectivity index (χ3n) is 9.67. The van der Waals surface area contributed by atoms with Gasteiger partial charge in [-0.15, -0.1) is 0 Å². The van der Waals surface area contributed by atoms with Crippen LogP contribution in [0.4, 0.5) is 0 Å². The Morgan fingerprint density at radius 2 is 0.894 bits per heavy atom. The first-order chi connectivity index (χ1) is 30.7. The van der Waals surface area contributed by atoms with E-state index in [0.29, 0.717) is 98.4 Å². The molecule has 0 fully saturated rings. The second-order valence-corrected chi connectivity index (χ2v) is 90.9. The summed E-state index contributed by atoms with van der Waals surface area (Å²) in [4.78, 5) is 37.9. The maximum Gasteiger partial charge on any atom is 0.549 e. The first kappa shape index (κ1) is 74.4. The number of ether oxygens (including phenoxy) is 8. The van der Waals surface area contributed by atoms with E-state index in [1.165, 1.54) is 0 Å². The molecule has 41 heteroatoms. The molecular formula is C25H68O24Si16Y. The third kappa shape index (κ3) is 32.1. The van der Waals surface area contributed by atoms with Crippen LogP contribution < -0.4 is 0 Å². The summed E-state index contributed by atoms with van der Waals surface area (Å²) in [6.45, 7) is 13.8. The Kier molecular flexibility index (Phi) is 51.2. The molecule has 1 unspecified atom stereocenters. The van der Waals surface area contributed by atoms with E-state index in [0.717, 1.165) is 0 Å². The predicted molar refractivity (Wildman–Crippen MR) is 257 cm³/mol. The third-order valence-corrected chi connectivity index (χ3v) is 126. The van der Waals surface area contributed by atoms with Gasteiger partial charge >= 0.3 is 73.0 Å². The molecule has 0 aromatic carbocycles. The minimum atomic E-state index is -3.68. The fourth-order valence-corrected chi connectivity index (χ4v) is 140. The zero-order valence-corrected chi connectivity index (χ0v) is 59.6. The summed E-state index contributed by atoms with van der Waals surface area (Å²) in [6.07, 6.45) is 0.419. The molecular weight excluding hydrogens is 1220 g/mol. The van der Waals surface area contributed by atoms with E-state index in [2.05, 4.69) is 0 Å². The van der Waals surface area contributed by atoms with E-state index in [-0.39, 0.29) is 45.9 Å². The van der Waals surface area contributed by atoms with Gasteiger partial charge in [-0.1, -0.05) is 33.9 Å². The van der Waals surface area contributed by atoms with Gasteiger partial charge in [-0.3, -0.25) is 8.92 Å². The van der Waals surface area contributed by atoms with Crippen LogP contribution in [0.3, 0.4) is 0 Å². The average Bonchev–Trinajstić information content (AvgIpc) is 3.27. The molecule has 379 valence electrons. The summed E-state index contributed by atoms with van der Waals surface area (Å²) in [5, 5.41) is -0.454. The SMILES string of the molecule is COCCOCCOCCOCCOCCOCCOCCOCCC[Si](C)(O[SiH2][Si](=O)[Si](=O)[Si](=O)[Si](=O)[Si](=O)[Si](=O)[Si](=O)[Si](C)(C)C(C)(C)C)[Si](O[SiH2]O)([SiH2]O)[SiH2]O.O=[SiH]O.O=[Si]=O.[Y]. The molecule has 0 aliphatic heterocycles. The summed E-state index contributed by atoms with van der Waals surface area (Å²) in [7, 11) is -39.4. The molecule has 0 aromatic rings. The normalized spacial score (nSPS) is 13.6. The molecule has 0 saturated carbocycles. The molecule has 0 aliphatic carbocycles. The van der Waals surface area contributed by atoms with Gasteiger partial charge in [-0.05, 0) is 24.1 Å². The molecule has 66 heavy (non-hydrogen) atoms. The number of methoxy groups -OCH3 is 1. The number of hydrogen-bond acceptors (Lipinski definition) is 23. The monoisotopic (exact) mass is 1290 g/mol. The van der Waals surface area contributed by atoms with Crippen LogP contribution >= 0.6 is 0 Å². The van der Waals surface area contributed by atoms with E-state index in [1.807, 2.05) is 20.8 Å². The van der Waals surface area contributed by atoms with Crippen LogP contribution in [0.5, 0.6) is 0 Å². The second-order valence-electron chi connectivity index (χ2n) is 14.9. The van der Waals surface area contributed by atoms with Crippen LogP contribution in [0, 0.1) is 0 Å². The van der Waals surface area contributed by atoms with Crippen LogP contribution in [-0.4, -0.2) is 259 Å². The molecule has 4 N–H and O–H groups in total. The quantitative estimate of drug-likeness (QED) is 0.0327. The van der Waals surface area contributed by atoms with Crippen molar-refractivity contribution in [1.29, 1.82) is 0 Å². The standard InChI is InChI=1S/C25H66O20Si14.H2O2Si.O2Si.Y/c1-25(2,3)57(5,6)56(35)55(34)54(33)53(32)52(31)51(30)50(29)49-45-58(7,59(47-27,48-28)44-46-26)24-8-9-37-12-13-39-16-17-41-20-21-43-23-22-42-19-18-40-15-14-38-11-10-36-4;2*1-3-2;/h26-28H,8-24,46-49H2,1-7H3;1,3H;;. The van der Waals surface area contributed by atoms with Gasteiger partial charge in [-0.25, -0.2) is 0 Å².